The molecule has 5 heteroatoms. The van der Waals surface area contributed by atoms with E-state index >= 15 is 0 Å². The van der Waals surface area contributed by atoms with Crippen LogP contribution in [0.1, 0.15) is 56.1 Å². The van der Waals surface area contributed by atoms with Crippen LogP contribution in [0.15, 0.2) is 18.2 Å². The van der Waals surface area contributed by atoms with Gasteiger partial charge in [-0.05, 0) is 56.6 Å². The van der Waals surface area contributed by atoms with Gasteiger partial charge >= 0.3 is 0 Å². The molecule has 2 heterocycles. The molecule has 148 valence electrons. The van der Waals surface area contributed by atoms with E-state index in [4.69, 9.17) is 9.47 Å². The van der Waals surface area contributed by atoms with Crippen LogP contribution in [-0.4, -0.2) is 37.3 Å². The number of fused-ring (bicyclic) bond motifs is 1. The summed E-state index contributed by atoms with van der Waals surface area (Å²) in [7, 11) is 0. The summed E-state index contributed by atoms with van der Waals surface area (Å²) in [4.78, 5) is 12.7. The average Bonchev–Trinajstić information content (AvgIpc) is 3.34. The molecule has 2 aliphatic heterocycles. The number of carbonyl (C=O) groups excluding carboxylic acids is 1. The van der Waals surface area contributed by atoms with Gasteiger partial charge in [0.05, 0.1) is 12.1 Å². The van der Waals surface area contributed by atoms with Crippen LogP contribution in [0.4, 0.5) is 0 Å². The number of hydrogen-bond donors (Lipinski definition) is 2. The lowest BCUT2D eigenvalue weighted by Gasteiger charge is -2.24. The Kier molecular flexibility index (Phi) is 5.98. The van der Waals surface area contributed by atoms with Crippen molar-refractivity contribution in [1.29, 1.82) is 0 Å². The average molecular weight is 373 g/mol. The third-order valence-electron chi connectivity index (χ3n) is 6.30. The van der Waals surface area contributed by atoms with Crippen LogP contribution in [0.2, 0.25) is 0 Å². The van der Waals surface area contributed by atoms with Gasteiger partial charge in [0.25, 0.3) is 0 Å². The number of ether oxygens (including phenoxy) is 2. The third-order valence-corrected chi connectivity index (χ3v) is 6.30. The van der Waals surface area contributed by atoms with Gasteiger partial charge in [0.2, 0.25) is 5.91 Å². The Morgan fingerprint density at radius 2 is 2.15 bits per heavy atom. The summed E-state index contributed by atoms with van der Waals surface area (Å²) in [5, 5.41) is 6.68. The van der Waals surface area contributed by atoms with Gasteiger partial charge in [-0.1, -0.05) is 25.0 Å². The largest absolute Gasteiger partial charge is 0.491 e. The van der Waals surface area contributed by atoms with E-state index in [9.17, 15) is 4.79 Å². The molecule has 0 aromatic heterocycles. The molecule has 1 aliphatic carbocycles. The summed E-state index contributed by atoms with van der Waals surface area (Å²) < 4.78 is 11.7. The standard InChI is InChI=1S/C22H32N2O3/c1-15-8-9-17(21(11-15)27-14-18-6-4-10-26-18)13-23-22(25)20-12-16-5-2-3-7-19(16)24-20/h8-9,11,16,18-20,24H,2-7,10,12-14H2,1H3,(H,23,25). The minimum atomic E-state index is -0.0418. The van der Waals surface area contributed by atoms with Crippen molar-refractivity contribution >= 4 is 5.91 Å². The topological polar surface area (TPSA) is 59.6 Å². The number of hydrogen-bond acceptors (Lipinski definition) is 4. The highest BCUT2D eigenvalue weighted by molar-refractivity contribution is 5.82. The molecule has 1 aromatic rings. The lowest BCUT2D eigenvalue weighted by atomic mass is 9.85. The normalized spacial score (nSPS) is 30.1. The van der Waals surface area contributed by atoms with Crippen LogP contribution in [0.3, 0.4) is 0 Å². The van der Waals surface area contributed by atoms with Crippen molar-refractivity contribution in [1.82, 2.24) is 10.6 Å². The number of carbonyl (C=O) groups is 1. The van der Waals surface area contributed by atoms with E-state index in [1.165, 1.54) is 25.7 Å². The minimum Gasteiger partial charge on any atom is -0.491 e. The highest BCUT2D eigenvalue weighted by Crippen LogP contribution is 2.33. The Labute approximate surface area is 162 Å². The Morgan fingerprint density at radius 3 is 2.96 bits per heavy atom. The zero-order valence-corrected chi connectivity index (χ0v) is 16.3. The van der Waals surface area contributed by atoms with Crippen molar-refractivity contribution in [2.24, 2.45) is 5.92 Å². The lowest BCUT2D eigenvalue weighted by Crippen LogP contribution is -2.42. The summed E-state index contributed by atoms with van der Waals surface area (Å²) in [6.45, 7) is 3.98. The second-order valence-electron chi connectivity index (χ2n) is 8.38. The Hall–Kier alpha value is -1.59. The number of amides is 1. The van der Waals surface area contributed by atoms with Crippen LogP contribution in [0.5, 0.6) is 5.75 Å². The van der Waals surface area contributed by atoms with Gasteiger partial charge in [0, 0.05) is 24.8 Å². The predicted molar refractivity (Wildman–Crippen MR) is 105 cm³/mol. The maximum Gasteiger partial charge on any atom is 0.237 e. The molecule has 27 heavy (non-hydrogen) atoms. The molecule has 1 saturated carbocycles. The second-order valence-corrected chi connectivity index (χ2v) is 8.38. The molecular weight excluding hydrogens is 340 g/mol. The van der Waals surface area contributed by atoms with Crippen molar-refractivity contribution in [3.05, 3.63) is 29.3 Å². The molecule has 4 atom stereocenters. The zero-order chi connectivity index (χ0) is 18.6. The fourth-order valence-corrected chi connectivity index (χ4v) is 4.73. The Morgan fingerprint density at radius 1 is 1.26 bits per heavy atom. The van der Waals surface area contributed by atoms with Crippen molar-refractivity contribution in [3.63, 3.8) is 0 Å². The summed E-state index contributed by atoms with van der Waals surface area (Å²) in [5.41, 5.74) is 2.19. The zero-order valence-electron chi connectivity index (χ0n) is 16.3. The number of nitrogens with one attached hydrogen (secondary N) is 2. The van der Waals surface area contributed by atoms with Gasteiger partial charge in [-0.15, -0.1) is 0 Å². The van der Waals surface area contributed by atoms with Crippen molar-refractivity contribution < 1.29 is 14.3 Å². The van der Waals surface area contributed by atoms with Crippen LogP contribution in [-0.2, 0) is 16.1 Å². The first-order chi connectivity index (χ1) is 13.2. The van der Waals surface area contributed by atoms with E-state index in [1.807, 2.05) is 0 Å². The third kappa shape index (κ3) is 4.64. The molecule has 0 bridgehead atoms. The molecule has 1 amide bonds. The molecule has 2 N–H and O–H groups in total. The fraction of sp³-hybridized carbons (Fsp3) is 0.682. The van der Waals surface area contributed by atoms with Crippen LogP contribution < -0.4 is 15.4 Å². The van der Waals surface area contributed by atoms with Gasteiger partial charge in [-0.25, -0.2) is 0 Å². The highest BCUT2D eigenvalue weighted by Gasteiger charge is 2.38. The maximum atomic E-state index is 12.7. The molecule has 2 saturated heterocycles. The Balaban J connectivity index is 1.32. The predicted octanol–water partition coefficient (Wildman–Crippen LogP) is 3.09. The van der Waals surface area contributed by atoms with Crippen molar-refractivity contribution in [2.75, 3.05) is 13.2 Å². The smallest absolute Gasteiger partial charge is 0.237 e. The van der Waals surface area contributed by atoms with E-state index in [0.29, 0.717) is 25.1 Å². The van der Waals surface area contributed by atoms with Gasteiger partial charge in [-0.3, -0.25) is 4.79 Å². The van der Waals surface area contributed by atoms with Gasteiger partial charge < -0.3 is 20.1 Å². The molecule has 3 aliphatic rings. The fourth-order valence-electron chi connectivity index (χ4n) is 4.73. The monoisotopic (exact) mass is 372 g/mol. The molecule has 5 nitrogen and oxygen atoms in total. The lowest BCUT2D eigenvalue weighted by molar-refractivity contribution is -0.123. The van der Waals surface area contributed by atoms with E-state index in [1.54, 1.807) is 0 Å². The first-order valence-corrected chi connectivity index (χ1v) is 10.6. The quantitative estimate of drug-likeness (QED) is 0.806. The van der Waals surface area contributed by atoms with Crippen molar-refractivity contribution in [2.45, 2.75) is 76.6 Å². The molecular formula is C22H32N2O3. The maximum absolute atomic E-state index is 12.7. The summed E-state index contributed by atoms with van der Waals surface area (Å²) in [5.74, 6) is 1.66. The van der Waals surface area contributed by atoms with Gasteiger partial charge in [0.1, 0.15) is 12.4 Å². The minimum absolute atomic E-state index is 0.0418. The van der Waals surface area contributed by atoms with E-state index in [-0.39, 0.29) is 18.1 Å². The number of benzene rings is 1. The molecule has 4 unspecified atom stereocenters. The van der Waals surface area contributed by atoms with Gasteiger partial charge in [0.15, 0.2) is 0 Å². The first-order valence-electron chi connectivity index (χ1n) is 10.6. The van der Waals surface area contributed by atoms with E-state index < -0.39 is 0 Å². The summed E-state index contributed by atoms with van der Waals surface area (Å²) >= 11 is 0. The van der Waals surface area contributed by atoms with Crippen LogP contribution in [0, 0.1) is 12.8 Å². The summed E-state index contributed by atoms with van der Waals surface area (Å²) in [6, 6.07) is 6.68. The molecule has 3 fully saturated rings. The number of aryl methyl sites for hydroxylation is 1. The van der Waals surface area contributed by atoms with E-state index in [0.717, 1.165) is 42.7 Å². The van der Waals surface area contributed by atoms with Crippen LogP contribution >= 0.6 is 0 Å². The van der Waals surface area contributed by atoms with Crippen molar-refractivity contribution in [3.8, 4) is 5.75 Å². The number of rotatable bonds is 6. The SMILES string of the molecule is Cc1ccc(CNC(=O)C2CC3CCCCC3N2)c(OCC2CCCO2)c1. The summed E-state index contributed by atoms with van der Waals surface area (Å²) in [6.07, 6.45) is 8.43. The van der Waals surface area contributed by atoms with Crippen LogP contribution in [0.25, 0.3) is 0 Å². The highest BCUT2D eigenvalue weighted by atomic mass is 16.5. The molecule has 0 radical (unpaired) electrons. The molecule has 1 aromatic carbocycles. The Bertz CT molecular complexity index is 643. The molecule has 4 rings (SSSR count). The van der Waals surface area contributed by atoms with E-state index in [2.05, 4.69) is 35.8 Å². The second kappa shape index (κ2) is 8.61. The van der Waals surface area contributed by atoms with Gasteiger partial charge in [-0.2, -0.15) is 0 Å². The molecule has 0 spiro atoms. The first kappa shape index (κ1) is 18.8.